The Morgan fingerprint density at radius 3 is 2.74 bits per heavy atom. The summed E-state index contributed by atoms with van der Waals surface area (Å²) in [5, 5.41) is 11.4. The number of halogens is 2. The normalized spacial score (nSPS) is 12.3. The first-order chi connectivity index (χ1) is 9.04. The molecule has 1 rings (SSSR count). The molecule has 0 saturated heterocycles. The van der Waals surface area contributed by atoms with E-state index in [1.54, 1.807) is 13.0 Å². The maximum atomic E-state index is 12.2. The van der Waals surface area contributed by atoms with E-state index in [4.69, 9.17) is 5.11 Å². The highest BCUT2D eigenvalue weighted by Crippen LogP contribution is 2.20. The second-order valence-corrected chi connectivity index (χ2v) is 4.12. The highest BCUT2D eigenvalue weighted by atomic mass is 19.3. The molecule has 19 heavy (non-hydrogen) atoms. The standard InChI is InChI=1S/C13H17F2NO3/c1-9(5-4-8-17)16-12(18)10-6-2-3-7-11(10)19-13(14)15/h2-3,6-7,9,13,17H,4-5,8H2,1H3,(H,16,18). The highest BCUT2D eigenvalue weighted by Gasteiger charge is 2.16. The van der Waals surface area contributed by atoms with Gasteiger partial charge in [0.1, 0.15) is 5.75 Å². The molecule has 0 aliphatic rings. The van der Waals surface area contributed by atoms with Crippen molar-refractivity contribution in [3.63, 3.8) is 0 Å². The highest BCUT2D eigenvalue weighted by molar-refractivity contribution is 5.97. The van der Waals surface area contributed by atoms with E-state index in [1.165, 1.54) is 18.2 Å². The molecule has 1 amide bonds. The van der Waals surface area contributed by atoms with Crippen LogP contribution in [0, 0.1) is 0 Å². The van der Waals surface area contributed by atoms with Crippen molar-refractivity contribution in [1.29, 1.82) is 0 Å². The number of amides is 1. The molecule has 0 aliphatic heterocycles. The topological polar surface area (TPSA) is 58.6 Å². The van der Waals surface area contributed by atoms with Crippen LogP contribution in [0.15, 0.2) is 24.3 Å². The van der Waals surface area contributed by atoms with Crippen LogP contribution in [-0.4, -0.2) is 30.3 Å². The van der Waals surface area contributed by atoms with Crippen LogP contribution in [0.25, 0.3) is 0 Å². The Morgan fingerprint density at radius 1 is 1.42 bits per heavy atom. The number of alkyl halides is 2. The lowest BCUT2D eigenvalue weighted by Gasteiger charge is -2.15. The van der Waals surface area contributed by atoms with Gasteiger partial charge >= 0.3 is 6.61 Å². The summed E-state index contributed by atoms with van der Waals surface area (Å²) < 4.78 is 28.7. The van der Waals surface area contributed by atoms with Crippen LogP contribution < -0.4 is 10.1 Å². The predicted octanol–water partition coefficient (Wildman–Crippen LogP) is 2.18. The number of hydrogen-bond donors (Lipinski definition) is 2. The van der Waals surface area contributed by atoms with Gasteiger partial charge in [-0.3, -0.25) is 4.79 Å². The van der Waals surface area contributed by atoms with Gasteiger partial charge in [-0.15, -0.1) is 0 Å². The van der Waals surface area contributed by atoms with Crippen LogP contribution >= 0.6 is 0 Å². The first-order valence-electron chi connectivity index (χ1n) is 6.00. The third kappa shape index (κ3) is 5.21. The van der Waals surface area contributed by atoms with Crippen molar-refractivity contribution in [2.45, 2.75) is 32.4 Å². The van der Waals surface area contributed by atoms with Gasteiger partial charge in [0.05, 0.1) is 5.56 Å². The zero-order valence-corrected chi connectivity index (χ0v) is 10.6. The van der Waals surface area contributed by atoms with Crippen molar-refractivity contribution in [2.24, 2.45) is 0 Å². The second-order valence-electron chi connectivity index (χ2n) is 4.12. The number of ether oxygens (including phenoxy) is 1. The summed E-state index contributed by atoms with van der Waals surface area (Å²) in [7, 11) is 0. The molecule has 106 valence electrons. The van der Waals surface area contributed by atoms with Gasteiger partial charge in [-0.25, -0.2) is 0 Å². The SMILES string of the molecule is CC(CCCO)NC(=O)c1ccccc1OC(F)F. The van der Waals surface area contributed by atoms with Gasteiger partial charge in [0.15, 0.2) is 0 Å². The van der Waals surface area contributed by atoms with Crippen LogP contribution in [0.5, 0.6) is 5.75 Å². The fourth-order valence-corrected chi connectivity index (χ4v) is 1.62. The van der Waals surface area contributed by atoms with E-state index in [9.17, 15) is 13.6 Å². The summed E-state index contributed by atoms with van der Waals surface area (Å²) in [4.78, 5) is 11.9. The Hall–Kier alpha value is -1.69. The van der Waals surface area contributed by atoms with E-state index >= 15 is 0 Å². The number of benzene rings is 1. The van der Waals surface area contributed by atoms with Crippen molar-refractivity contribution in [3.8, 4) is 5.75 Å². The summed E-state index contributed by atoms with van der Waals surface area (Å²) in [6.07, 6.45) is 1.18. The Morgan fingerprint density at radius 2 is 2.11 bits per heavy atom. The van der Waals surface area contributed by atoms with Gasteiger partial charge in [-0.2, -0.15) is 8.78 Å². The van der Waals surface area contributed by atoms with E-state index < -0.39 is 12.5 Å². The van der Waals surface area contributed by atoms with Gasteiger partial charge in [0, 0.05) is 12.6 Å². The van der Waals surface area contributed by atoms with E-state index in [0.29, 0.717) is 12.8 Å². The maximum absolute atomic E-state index is 12.2. The number of nitrogens with one attached hydrogen (secondary N) is 1. The van der Waals surface area contributed by atoms with Crippen molar-refractivity contribution < 1.29 is 23.4 Å². The molecule has 0 saturated carbocycles. The Kier molecular flexibility index (Phi) is 6.21. The molecule has 0 radical (unpaired) electrons. The zero-order chi connectivity index (χ0) is 14.3. The van der Waals surface area contributed by atoms with Gasteiger partial charge in [0.25, 0.3) is 5.91 Å². The number of rotatable bonds is 7. The average molecular weight is 273 g/mol. The van der Waals surface area contributed by atoms with Gasteiger partial charge < -0.3 is 15.2 Å². The van der Waals surface area contributed by atoms with E-state index in [1.807, 2.05) is 0 Å². The Bertz CT molecular complexity index is 413. The number of aliphatic hydroxyl groups excluding tert-OH is 1. The van der Waals surface area contributed by atoms with Crippen LogP contribution in [0.4, 0.5) is 8.78 Å². The molecule has 1 aromatic carbocycles. The lowest BCUT2D eigenvalue weighted by atomic mass is 10.1. The van der Waals surface area contributed by atoms with Crippen molar-refractivity contribution in [3.05, 3.63) is 29.8 Å². The van der Waals surface area contributed by atoms with Crippen molar-refractivity contribution >= 4 is 5.91 Å². The average Bonchev–Trinajstić information content (AvgIpc) is 2.36. The van der Waals surface area contributed by atoms with E-state index in [2.05, 4.69) is 10.1 Å². The summed E-state index contributed by atoms with van der Waals surface area (Å²) >= 11 is 0. The summed E-state index contributed by atoms with van der Waals surface area (Å²) in [6.45, 7) is -1.14. The molecule has 0 fully saturated rings. The maximum Gasteiger partial charge on any atom is 0.387 e. The van der Waals surface area contributed by atoms with Gasteiger partial charge in [-0.05, 0) is 31.9 Å². The fraction of sp³-hybridized carbons (Fsp3) is 0.462. The molecule has 0 aliphatic carbocycles. The molecule has 0 spiro atoms. The Balaban J connectivity index is 2.70. The minimum Gasteiger partial charge on any atom is -0.434 e. The number of aliphatic hydroxyl groups is 1. The largest absolute Gasteiger partial charge is 0.434 e. The van der Waals surface area contributed by atoms with Crippen LogP contribution in [-0.2, 0) is 0 Å². The van der Waals surface area contributed by atoms with Crippen molar-refractivity contribution in [1.82, 2.24) is 5.32 Å². The fourth-order valence-electron chi connectivity index (χ4n) is 1.62. The van der Waals surface area contributed by atoms with Crippen molar-refractivity contribution in [2.75, 3.05) is 6.61 Å². The molecule has 2 N–H and O–H groups in total. The molecule has 6 heteroatoms. The van der Waals surface area contributed by atoms with Crippen LogP contribution in [0.2, 0.25) is 0 Å². The third-order valence-electron chi connectivity index (χ3n) is 2.52. The molecule has 0 aromatic heterocycles. The number of hydrogen-bond acceptors (Lipinski definition) is 3. The van der Waals surface area contributed by atoms with E-state index in [-0.39, 0.29) is 24.0 Å². The molecular weight excluding hydrogens is 256 g/mol. The molecule has 1 atom stereocenters. The summed E-state index contributed by atoms with van der Waals surface area (Å²) in [5.41, 5.74) is 0.0682. The van der Waals surface area contributed by atoms with Gasteiger partial charge in [0.2, 0.25) is 0 Å². The van der Waals surface area contributed by atoms with Gasteiger partial charge in [-0.1, -0.05) is 12.1 Å². The lowest BCUT2D eigenvalue weighted by molar-refractivity contribution is -0.0501. The minimum atomic E-state index is -2.97. The predicted molar refractivity (Wildman–Crippen MR) is 66.3 cm³/mol. The van der Waals surface area contributed by atoms with Crippen LogP contribution in [0.1, 0.15) is 30.1 Å². The van der Waals surface area contributed by atoms with Crippen LogP contribution in [0.3, 0.4) is 0 Å². The third-order valence-corrected chi connectivity index (χ3v) is 2.52. The summed E-state index contributed by atoms with van der Waals surface area (Å²) in [6, 6.07) is 5.68. The number of carbonyl (C=O) groups excluding carboxylic acids is 1. The second kappa shape index (κ2) is 7.68. The quantitative estimate of drug-likeness (QED) is 0.800. The number of para-hydroxylation sites is 1. The summed E-state index contributed by atoms with van der Waals surface area (Å²) in [5.74, 6) is -0.619. The molecule has 0 heterocycles. The monoisotopic (exact) mass is 273 g/mol. The first-order valence-corrected chi connectivity index (χ1v) is 6.00. The molecule has 4 nitrogen and oxygen atoms in total. The van der Waals surface area contributed by atoms with E-state index in [0.717, 1.165) is 0 Å². The molecule has 1 unspecified atom stereocenters. The zero-order valence-electron chi connectivity index (χ0n) is 10.6. The molecular formula is C13H17F2NO3. The smallest absolute Gasteiger partial charge is 0.387 e. The minimum absolute atomic E-state index is 0.0469. The first kappa shape index (κ1) is 15.4. The molecule has 1 aromatic rings. The lowest BCUT2D eigenvalue weighted by Crippen LogP contribution is -2.33. The molecule has 0 bridgehead atoms. The Labute approximate surface area is 110 Å². The number of carbonyl (C=O) groups is 1.